The Kier molecular flexibility index (Phi) is 4.39. The number of non-ortho nitro benzene ring substituents is 1. The molecular weight excluding hydrogens is 378 g/mol. The molecule has 3 aromatic rings. The SMILES string of the molecule is O=[N+]([O-])c1ccc(O)c(C2Nc3ccc(Nc4ccccc4)cc3C3C=CCC32)c1. The second kappa shape index (κ2) is 7.22. The van der Waals surface area contributed by atoms with E-state index in [1.165, 1.54) is 23.8 Å². The van der Waals surface area contributed by atoms with Gasteiger partial charge in [0.15, 0.2) is 0 Å². The Morgan fingerprint density at radius 2 is 1.83 bits per heavy atom. The topological polar surface area (TPSA) is 87.4 Å². The van der Waals surface area contributed by atoms with Gasteiger partial charge in [0.25, 0.3) is 5.69 Å². The summed E-state index contributed by atoms with van der Waals surface area (Å²) in [4.78, 5) is 10.8. The molecule has 3 N–H and O–H groups in total. The van der Waals surface area contributed by atoms with Crippen LogP contribution in [-0.4, -0.2) is 10.0 Å². The van der Waals surface area contributed by atoms with Crippen LogP contribution in [0, 0.1) is 16.0 Å². The molecule has 0 radical (unpaired) electrons. The Hall–Kier alpha value is -3.80. The predicted octanol–water partition coefficient (Wildman–Crippen LogP) is 5.87. The van der Waals surface area contributed by atoms with Crippen LogP contribution in [0.15, 0.2) is 78.9 Å². The highest BCUT2D eigenvalue weighted by atomic mass is 16.6. The molecule has 0 bridgehead atoms. The summed E-state index contributed by atoms with van der Waals surface area (Å²) in [5.74, 6) is 0.439. The van der Waals surface area contributed by atoms with E-state index in [0.29, 0.717) is 5.56 Å². The number of phenolic OH excluding ortho intramolecular Hbond substituents is 1. The Morgan fingerprint density at radius 3 is 2.63 bits per heavy atom. The third-order valence-electron chi connectivity index (χ3n) is 5.98. The highest BCUT2D eigenvalue weighted by Gasteiger charge is 2.39. The van der Waals surface area contributed by atoms with Gasteiger partial charge in [0.2, 0.25) is 0 Å². The number of nitrogens with zero attached hydrogens (tertiary/aromatic N) is 1. The minimum Gasteiger partial charge on any atom is -0.508 e. The first-order chi connectivity index (χ1) is 14.6. The zero-order valence-corrected chi connectivity index (χ0v) is 16.2. The molecule has 0 fully saturated rings. The number of nitrogens with one attached hydrogen (secondary N) is 2. The van der Waals surface area contributed by atoms with Crippen LogP contribution in [0.1, 0.15) is 29.5 Å². The number of nitro benzene ring substituents is 1. The monoisotopic (exact) mass is 399 g/mol. The van der Waals surface area contributed by atoms with Crippen molar-refractivity contribution >= 4 is 22.7 Å². The third kappa shape index (κ3) is 3.16. The third-order valence-corrected chi connectivity index (χ3v) is 5.98. The molecule has 3 aromatic carbocycles. The average molecular weight is 399 g/mol. The molecule has 1 heterocycles. The Bertz CT molecular complexity index is 1140. The minimum absolute atomic E-state index is 0.0136. The minimum atomic E-state index is -0.425. The van der Waals surface area contributed by atoms with Gasteiger partial charge in [-0.3, -0.25) is 10.1 Å². The maximum Gasteiger partial charge on any atom is 0.270 e. The number of hydrogen-bond acceptors (Lipinski definition) is 5. The lowest BCUT2D eigenvalue weighted by Gasteiger charge is -2.37. The molecule has 5 rings (SSSR count). The summed E-state index contributed by atoms with van der Waals surface area (Å²) >= 11 is 0. The van der Waals surface area contributed by atoms with Crippen molar-refractivity contribution < 1.29 is 10.0 Å². The number of nitro groups is 1. The average Bonchev–Trinajstić information content (AvgIpc) is 3.25. The summed E-state index contributed by atoms with van der Waals surface area (Å²) in [5.41, 5.74) is 4.77. The van der Waals surface area contributed by atoms with Gasteiger partial charge in [0.1, 0.15) is 5.75 Å². The van der Waals surface area contributed by atoms with Crippen molar-refractivity contribution in [3.8, 4) is 5.75 Å². The summed E-state index contributed by atoms with van der Waals surface area (Å²) < 4.78 is 0. The summed E-state index contributed by atoms with van der Waals surface area (Å²) in [7, 11) is 0. The molecule has 0 saturated heterocycles. The van der Waals surface area contributed by atoms with Crippen LogP contribution in [0.5, 0.6) is 5.75 Å². The first kappa shape index (κ1) is 18.2. The zero-order chi connectivity index (χ0) is 20.7. The fourth-order valence-corrected chi connectivity index (χ4v) is 4.57. The van der Waals surface area contributed by atoms with Gasteiger partial charge in [-0.25, -0.2) is 0 Å². The van der Waals surface area contributed by atoms with Crippen molar-refractivity contribution in [2.75, 3.05) is 10.6 Å². The van der Waals surface area contributed by atoms with Gasteiger partial charge in [0, 0.05) is 40.7 Å². The van der Waals surface area contributed by atoms with E-state index in [4.69, 9.17) is 0 Å². The number of anilines is 3. The van der Waals surface area contributed by atoms with E-state index >= 15 is 0 Å². The predicted molar refractivity (Wildman–Crippen MR) is 117 cm³/mol. The summed E-state index contributed by atoms with van der Waals surface area (Å²) in [6.07, 6.45) is 5.21. The van der Waals surface area contributed by atoms with Gasteiger partial charge in [-0.15, -0.1) is 0 Å². The highest BCUT2D eigenvalue weighted by Crippen LogP contribution is 2.52. The highest BCUT2D eigenvalue weighted by molar-refractivity contribution is 5.69. The molecule has 150 valence electrons. The molecule has 6 nitrogen and oxygen atoms in total. The Balaban J connectivity index is 1.51. The fraction of sp³-hybridized carbons (Fsp3) is 0.167. The first-order valence-corrected chi connectivity index (χ1v) is 9.96. The standard InChI is InChI=1S/C24H21N3O3/c28-23-12-10-17(27(29)30)14-21(23)24-19-8-4-7-18(19)20-13-16(9-11-22(20)26-24)25-15-5-2-1-3-6-15/h1-7,9-14,18-19,24-26,28H,8H2. The van der Waals surface area contributed by atoms with Crippen LogP contribution >= 0.6 is 0 Å². The summed E-state index contributed by atoms with van der Waals surface area (Å²) in [6.45, 7) is 0. The van der Waals surface area contributed by atoms with Crippen molar-refractivity contribution in [3.63, 3.8) is 0 Å². The van der Waals surface area contributed by atoms with Gasteiger partial charge in [-0.1, -0.05) is 30.4 Å². The number of benzene rings is 3. The number of para-hydroxylation sites is 1. The van der Waals surface area contributed by atoms with Gasteiger partial charge < -0.3 is 15.7 Å². The van der Waals surface area contributed by atoms with Crippen LogP contribution in [0.2, 0.25) is 0 Å². The molecule has 6 heteroatoms. The van der Waals surface area contributed by atoms with Gasteiger partial charge in [-0.05, 0) is 54.3 Å². The smallest absolute Gasteiger partial charge is 0.270 e. The fourth-order valence-electron chi connectivity index (χ4n) is 4.57. The molecule has 0 amide bonds. The lowest BCUT2D eigenvalue weighted by atomic mass is 9.76. The normalized spacial score (nSPS) is 21.4. The maximum atomic E-state index is 11.2. The zero-order valence-electron chi connectivity index (χ0n) is 16.2. The largest absolute Gasteiger partial charge is 0.508 e. The Morgan fingerprint density at radius 1 is 1.00 bits per heavy atom. The quantitative estimate of drug-likeness (QED) is 0.290. The van der Waals surface area contributed by atoms with E-state index in [-0.39, 0.29) is 29.3 Å². The van der Waals surface area contributed by atoms with Gasteiger partial charge >= 0.3 is 0 Å². The van der Waals surface area contributed by atoms with E-state index in [0.717, 1.165) is 23.5 Å². The molecular formula is C24H21N3O3. The number of phenols is 1. The Labute approximate surface area is 174 Å². The summed E-state index contributed by atoms with van der Waals surface area (Å²) in [6, 6.07) is 20.3. The number of rotatable bonds is 4. The molecule has 0 saturated carbocycles. The number of aromatic hydroxyl groups is 1. The van der Waals surface area contributed by atoms with Crippen molar-refractivity contribution in [3.05, 3.63) is 100 Å². The number of allylic oxidation sites excluding steroid dienone is 2. The van der Waals surface area contributed by atoms with Crippen molar-refractivity contribution in [2.45, 2.75) is 18.4 Å². The van der Waals surface area contributed by atoms with Crippen LogP contribution in [-0.2, 0) is 0 Å². The van der Waals surface area contributed by atoms with Crippen LogP contribution in [0.25, 0.3) is 0 Å². The molecule has 3 unspecified atom stereocenters. The van der Waals surface area contributed by atoms with E-state index in [9.17, 15) is 15.2 Å². The molecule has 1 aliphatic carbocycles. The second-order valence-electron chi connectivity index (χ2n) is 7.77. The van der Waals surface area contributed by atoms with E-state index in [2.05, 4.69) is 28.9 Å². The molecule has 30 heavy (non-hydrogen) atoms. The molecule has 3 atom stereocenters. The maximum absolute atomic E-state index is 11.2. The second-order valence-corrected chi connectivity index (χ2v) is 7.77. The molecule has 0 spiro atoms. The molecule has 0 aromatic heterocycles. The van der Waals surface area contributed by atoms with E-state index in [1.807, 2.05) is 42.5 Å². The lowest BCUT2D eigenvalue weighted by Crippen LogP contribution is -2.29. The van der Waals surface area contributed by atoms with E-state index < -0.39 is 4.92 Å². The number of hydrogen-bond donors (Lipinski definition) is 3. The van der Waals surface area contributed by atoms with Crippen molar-refractivity contribution in [1.29, 1.82) is 0 Å². The lowest BCUT2D eigenvalue weighted by molar-refractivity contribution is -0.385. The van der Waals surface area contributed by atoms with Crippen LogP contribution in [0.4, 0.5) is 22.7 Å². The van der Waals surface area contributed by atoms with E-state index in [1.54, 1.807) is 0 Å². The van der Waals surface area contributed by atoms with Crippen LogP contribution < -0.4 is 10.6 Å². The molecule has 1 aliphatic heterocycles. The first-order valence-electron chi connectivity index (χ1n) is 9.96. The summed E-state index contributed by atoms with van der Waals surface area (Å²) in [5, 5.41) is 28.7. The van der Waals surface area contributed by atoms with Crippen molar-refractivity contribution in [2.24, 2.45) is 5.92 Å². The van der Waals surface area contributed by atoms with Crippen LogP contribution in [0.3, 0.4) is 0 Å². The van der Waals surface area contributed by atoms with Crippen molar-refractivity contribution in [1.82, 2.24) is 0 Å². The van der Waals surface area contributed by atoms with Gasteiger partial charge in [0.05, 0.1) is 11.0 Å². The number of fused-ring (bicyclic) bond motifs is 3. The van der Waals surface area contributed by atoms with Gasteiger partial charge in [-0.2, -0.15) is 0 Å². The molecule has 2 aliphatic rings.